The van der Waals surface area contributed by atoms with Crippen LogP contribution in [0.5, 0.6) is 0 Å². The van der Waals surface area contributed by atoms with E-state index < -0.39 is 0 Å². The lowest BCUT2D eigenvalue weighted by Gasteiger charge is -2.57. The van der Waals surface area contributed by atoms with E-state index in [0.717, 1.165) is 35.6 Å². The molecule has 0 heterocycles. The topological polar surface area (TPSA) is 33.1 Å². The van der Waals surface area contributed by atoms with Crippen molar-refractivity contribution in [3.05, 3.63) is 23.5 Å². The highest BCUT2D eigenvalue weighted by Crippen LogP contribution is 2.66. The maximum absolute atomic E-state index is 8.27. The largest absolute Gasteiger partial charge is 0.501 e. The van der Waals surface area contributed by atoms with Gasteiger partial charge in [-0.25, -0.2) is 0 Å². The maximum atomic E-state index is 8.27. The van der Waals surface area contributed by atoms with Crippen LogP contribution in [-0.2, 0) is 4.74 Å². The van der Waals surface area contributed by atoms with E-state index in [1.54, 1.807) is 5.57 Å². The fourth-order valence-corrected chi connectivity index (χ4v) is 7.17. The summed E-state index contributed by atoms with van der Waals surface area (Å²) in [5, 5.41) is 8.27. The van der Waals surface area contributed by atoms with Gasteiger partial charge < -0.3 is 10.1 Å². The third-order valence-electron chi connectivity index (χ3n) is 8.52. The number of fused-ring (bicyclic) bond motifs is 5. The van der Waals surface area contributed by atoms with Gasteiger partial charge in [0.1, 0.15) is 0 Å². The Hall–Kier alpha value is -1.05. The normalized spacial score (nSPS) is 47.0. The molecule has 0 spiro atoms. The van der Waals surface area contributed by atoms with Gasteiger partial charge >= 0.3 is 0 Å². The number of nitrogens with one attached hydrogen (secondary N) is 1. The molecular weight excluding hydrogens is 294 g/mol. The minimum absolute atomic E-state index is 0.351. The van der Waals surface area contributed by atoms with Crippen LogP contribution >= 0.6 is 0 Å². The predicted molar refractivity (Wildman–Crippen MR) is 99.1 cm³/mol. The molecule has 2 fully saturated rings. The van der Waals surface area contributed by atoms with Crippen molar-refractivity contribution in [1.29, 1.82) is 5.41 Å². The molecule has 0 aromatic carbocycles. The summed E-state index contributed by atoms with van der Waals surface area (Å²) >= 11 is 0. The summed E-state index contributed by atoms with van der Waals surface area (Å²) in [6.45, 7) is 7.08. The van der Waals surface area contributed by atoms with Crippen molar-refractivity contribution in [3.63, 3.8) is 0 Å². The second-order valence-corrected chi connectivity index (χ2v) is 9.36. The third kappa shape index (κ3) is 2.10. The highest BCUT2D eigenvalue weighted by molar-refractivity contribution is 5.82. The van der Waals surface area contributed by atoms with Crippen LogP contribution in [0.15, 0.2) is 23.5 Å². The lowest BCUT2D eigenvalue weighted by Crippen LogP contribution is -2.49. The molecule has 4 aliphatic rings. The first kappa shape index (κ1) is 16.4. The first-order valence-electron chi connectivity index (χ1n) is 9.90. The standard InChI is InChI=1S/C22H33NO/c1-14(23)18-7-8-19-17-6-5-15-13-16(24-4)9-11-21(15,2)20(17)10-12-22(18,19)3/h5,13,17-20,23H,6-12H2,1-4H3/t17?,18-,19?,20?,21+,22-/m1/s1. The zero-order valence-corrected chi connectivity index (χ0v) is 15.8. The average Bonchev–Trinajstić information content (AvgIpc) is 2.91. The Morgan fingerprint density at radius 1 is 1.17 bits per heavy atom. The quantitative estimate of drug-likeness (QED) is 0.644. The number of hydrogen-bond donors (Lipinski definition) is 1. The van der Waals surface area contributed by atoms with E-state index in [1.807, 2.05) is 14.0 Å². The smallest absolute Gasteiger partial charge is 0.0958 e. The van der Waals surface area contributed by atoms with E-state index in [4.69, 9.17) is 10.1 Å². The first-order valence-corrected chi connectivity index (χ1v) is 9.90. The number of allylic oxidation sites excluding steroid dienone is 4. The Morgan fingerprint density at radius 3 is 2.67 bits per heavy atom. The van der Waals surface area contributed by atoms with Gasteiger partial charge in [0.2, 0.25) is 0 Å². The number of hydrogen-bond acceptors (Lipinski definition) is 2. The van der Waals surface area contributed by atoms with E-state index in [9.17, 15) is 0 Å². The van der Waals surface area contributed by atoms with E-state index in [2.05, 4.69) is 26.0 Å². The van der Waals surface area contributed by atoms with Crippen molar-refractivity contribution >= 4 is 5.71 Å². The van der Waals surface area contributed by atoms with Gasteiger partial charge in [-0.2, -0.15) is 0 Å². The second-order valence-electron chi connectivity index (χ2n) is 9.36. The van der Waals surface area contributed by atoms with Crippen LogP contribution in [0, 0.1) is 39.9 Å². The second kappa shape index (κ2) is 5.47. The van der Waals surface area contributed by atoms with Gasteiger partial charge in [-0.05, 0) is 85.7 Å². The molecule has 2 nitrogen and oxygen atoms in total. The minimum atomic E-state index is 0.351. The average molecular weight is 328 g/mol. The molecule has 24 heavy (non-hydrogen) atoms. The summed E-state index contributed by atoms with van der Waals surface area (Å²) in [5.41, 5.74) is 3.22. The van der Waals surface area contributed by atoms with Crippen molar-refractivity contribution in [2.45, 2.75) is 65.7 Å². The molecule has 6 atom stereocenters. The molecular formula is C22H33NO. The molecule has 4 rings (SSSR count). The van der Waals surface area contributed by atoms with Crippen molar-refractivity contribution in [2.75, 3.05) is 7.11 Å². The fourth-order valence-electron chi connectivity index (χ4n) is 7.17. The van der Waals surface area contributed by atoms with Crippen LogP contribution in [-0.4, -0.2) is 12.8 Å². The molecule has 0 aromatic heterocycles. The Labute approximate surface area is 147 Å². The van der Waals surface area contributed by atoms with E-state index in [1.165, 1.54) is 38.5 Å². The highest BCUT2D eigenvalue weighted by Gasteiger charge is 2.58. The van der Waals surface area contributed by atoms with E-state index >= 15 is 0 Å². The summed E-state index contributed by atoms with van der Waals surface area (Å²) in [5.74, 6) is 4.18. The summed E-state index contributed by atoms with van der Waals surface area (Å²) in [4.78, 5) is 0. The molecule has 0 aliphatic heterocycles. The Kier molecular flexibility index (Phi) is 3.75. The van der Waals surface area contributed by atoms with Gasteiger partial charge in [0.15, 0.2) is 0 Å². The van der Waals surface area contributed by atoms with Crippen LogP contribution in [0.2, 0.25) is 0 Å². The summed E-state index contributed by atoms with van der Waals surface area (Å²) in [7, 11) is 1.81. The van der Waals surface area contributed by atoms with E-state index in [0.29, 0.717) is 16.7 Å². The summed E-state index contributed by atoms with van der Waals surface area (Å²) in [6.07, 6.45) is 13.7. The first-order chi connectivity index (χ1) is 11.4. The molecule has 2 heteroatoms. The lowest BCUT2D eigenvalue weighted by molar-refractivity contribution is -0.0281. The summed E-state index contributed by atoms with van der Waals surface area (Å²) < 4.78 is 5.54. The van der Waals surface area contributed by atoms with Crippen molar-refractivity contribution < 1.29 is 4.74 Å². The molecule has 0 bridgehead atoms. The fraction of sp³-hybridized carbons (Fsp3) is 0.773. The summed E-state index contributed by atoms with van der Waals surface area (Å²) in [6, 6.07) is 0. The lowest BCUT2D eigenvalue weighted by atomic mass is 9.48. The Bertz CT molecular complexity index is 617. The molecule has 0 aromatic rings. The minimum Gasteiger partial charge on any atom is -0.501 e. The predicted octanol–water partition coefficient (Wildman–Crippen LogP) is 5.75. The Morgan fingerprint density at radius 2 is 1.96 bits per heavy atom. The van der Waals surface area contributed by atoms with Crippen molar-refractivity contribution in [2.24, 2.45) is 34.5 Å². The molecule has 132 valence electrons. The van der Waals surface area contributed by atoms with Crippen molar-refractivity contribution in [1.82, 2.24) is 0 Å². The monoisotopic (exact) mass is 327 g/mol. The van der Waals surface area contributed by atoms with Gasteiger partial charge in [-0.15, -0.1) is 0 Å². The third-order valence-corrected chi connectivity index (χ3v) is 8.52. The van der Waals surface area contributed by atoms with Crippen LogP contribution < -0.4 is 0 Å². The maximum Gasteiger partial charge on any atom is 0.0958 e. The zero-order chi connectivity index (χ0) is 17.1. The zero-order valence-electron chi connectivity index (χ0n) is 15.8. The molecule has 0 saturated heterocycles. The number of ether oxygens (including phenoxy) is 1. The van der Waals surface area contributed by atoms with Gasteiger partial charge in [0, 0.05) is 18.1 Å². The molecule has 1 N–H and O–H groups in total. The number of rotatable bonds is 2. The highest BCUT2D eigenvalue weighted by atomic mass is 16.5. The SMILES string of the molecule is COC1=CC2=CCC3C(CC[C@@]4(C)C3CC[C@@H]4C(C)=N)[C@@]2(C)CC1. The van der Waals surface area contributed by atoms with Gasteiger partial charge in [0.25, 0.3) is 0 Å². The van der Waals surface area contributed by atoms with Crippen LogP contribution in [0.4, 0.5) is 0 Å². The van der Waals surface area contributed by atoms with Gasteiger partial charge in [0.05, 0.1) is 12.9 Å². The van der Waals surface area contributed by atoms with Crippen molar-refractivity contribution in [3.8, 4) is 0 Å². The molecule has 2 saturated carbocycles. The van der Waals surface area contributed by atoms with Crippen LogP contribution in [0.3, 0.4) is 0 Å². The van der Waals surface area contributed by atoms with Gasteiger partial charge in [-0.1, -0.05) is 19.9 Å². The van der Waals surface area contributed by atoms with Crippen LogP contribution in [0.25, 0.3) is 0 Å². The van der Waals surface area contributed by atoms with E-state index in [-0.39, 0.29) is 0 Å². The van der Waals surface area contributed by atoms with Crippen LogP contribution in [0.1, 0.15) is 65.7 Å². The Balaban J connectivity index is 1.68. The molecule has 0 amide bonds. The molecule has 0 radical (unpaired) electrons. The molecule has 4 aliphatic carbocycles. The van der Waals surface area contributed by atoms with Gasteiger partial charge in [-0.3, -0.25) is 0 Å². The number of methoxy groups -OCH3 is 1. The molecule has 3 unspecified atom stereocenters.